The van der Waals surface area contributed by atoms with Gasteiger partial charge in [-0.25, -0.2) is 9.97 Å². The highest BCUT2D eigenvalue weighted by molar-refractivity contribution is 6.06. The average Bonchev–Trinajstić information content (AvgIpc) is 3.03. The fourth-order valence-corrected chi connectivity index (χ4v) is 3.30. The van der Waals surface area contributed by atoms with E-state index in [2.05, 4.69) is 15.6 Å². The number of rotatable bonds is 3. The van der Waals surface area contributed by atoms with Crippen molar-refractivity contribution in [3.63, 3.8) is 0 Å². The summed E-state index contributed by atoms with van der Waals surface area (Å²) in [5.41, 5.74) is 7.30. The summed E-state index contributed by atoms with van der Waals surface area (Å²) in [7, 11) is 0. The molecule has 25 heavy (non-hydrogen) atoms. The number of anilines is 2. The second kappa shape index (κ2) is 6.52. The molecular weight excluding hydrogens is 316 g/mol. The molecule has 0 aliphatic carbocycles. The Balaban J connectivity index is 1.74. The minimum Gasteiger partial charge on any atom is -0.382 e. The number of carbonyl (C=O) groups excluding carboxylic acids is 1. The topological polar surface area (TPSA) is 97.3 Å². The van der Waals surface area contributed by atoms with Gasteiger partial charge in [0.05, 0.1) is 0 Å². The fourth-order valence-electron chi connectivity index (χ4n) is 3.30. The monoisotopic (exact) mass is 336 g/mol. The minimum absolute atomic E-state index is 0.211. The van der Waals surface area contributed by atoms with E-state index < -0.39 is 0 Å². The molecular formula is C18H20N6O. The summed E-state index contributed by atoms with van der Waals surface area (Å²) in [4.78, 5) is 21.4. The Morgan fingerprint density at radius 1 is 1.32 bits per heavy atom. The van der Waals surface area contributed by atoms with Gasteiger partial charge in [0.15, 0.2) is 11.6 Å². The van der Waals surface area contributed by atoms with Crippen molar-refractivity contribution >= 4 is 23.1 Å². The molecule has 1 amide bonds. The normalized spacial score (nSPS) is 17.5. The summed E-state index contributed by atoms with van der Waals surface area (Å²) in [6.07, 6.45) is 5.67. The summed E-state index contributed by atoms with van der Waals surface area (Å²) in [5, 5.41) is 6.29. The number of imidazole rings is 1. The molecule has 2 aromatic heterocycles. The number of hydrogen-bond acceptors (Lipinski definition) is 5. The lowest BCUT2D eigenvalue weighted by Crippen LogP contribution is -2.29. The number of nitrogen functional groups attached to an aromatic ring is 1. The van der Waals surface area contributed by atoms with Crippen molar-refractivity contribution < 1.29 is 4.79 Å². The molecule has 4 rings (SSSR count). The number of benzene rings is 1. The Labute approximate surface area is 145 Å². The zero-order valence-electron chi connectivity index (χ0n) is 13.8. The van der Waals surface area contributed by atoms with Crippen molar-refractivity contribution in [1.29, 1.82) is 0 Å². The first kappa shape index (κ1) is 15.6. The van der Waals surface area contributed by atoms with Gasteiger partial charge in [0.1, 0.15) is 11.3 Å². The van der Waals surface area contributed by atoms with Gasteiger partial charge in [0, 0.05) is 30.4 Å². The van der Waals surface area contributed by atoms with E-state index in [9.17, 15) is 4.79 Å². The van der Waals surface area contributed by atoms with Crippen LogP contribution >= 0.6 is 0 Å². The van der Waals surface area contributed by atoms with E-state index in [1.54, 1.807) is 18.3 Å². The van der Waals surface area contributed by atoms with Gasteiger partial charge in [-0.2, -0.15) is 0 Å². The summed E-state index contributed by atoms with van der Waals surface area (Å²) >= 11 is 0. The van der Waals surface area contributed by atoms with Gasteiger partial charge >= 0.3 is 0 Å². The van der Waals surface area contributed by atoms with Crippen LogP contribution in [-0.4, -0.2) is 33.4 Å². The molecule has 1 atom stereocenters. The van der Waals surface area contributed by atoms with Crippen LogP contribution in [0, 0.1) is 0 Å². The van der Waals surface area contributed by atoms with Gasteiger partial charge in [-0.1, -0.05) is 18.2 Å². The first-order chi connectivity index (χ1) is 12.2. The van der Waals surface area contributed by atoms with Crippen LogP contribution in [0.1, 0.15) is 34.9 Å². The van der Waals surface area contributed by atoms with Crippen molar-refractivity contribution in [3.05, 3.63) is 54.1 Å². The Kier molecular flexibility index (Phi) is 4.07. The summed E-state index contributed by atoms with van der Waals surface area (Å²) < 4.78 is 1.95. The van der Waals surface area contributed by atoms with Crippen molar-refractivity contribution in [2.45, 2.75) is 18.8 Å². The molecule has 1 aliphatic heterocycles. The van der Waals surface area contributed by atoms with Crippen LogP contribution in [0.25, 0.3) is 5.52 Å². The summed E-state index contributed by atoms with van der Waals surface area (Å²) in [5.74, 6) is 1.79. The predicted octanol–water partition coefficient (Wildman–Crippen LogP) is 2.03. The van der Waals surface area contributed by atoms with Gasteiger partial charge in [-0.05, 0) is 31.5 Å². The maximum Gasteiger partial charge on any atom is 0.256 e. The lowest BCUT2D eigenvalue weighted by atomic mass is 9.99. The molecule has 1 unspecified atom stereocenters. The van der Waals surface area contributed by atoms with Crippen molar-refractivity contribution in [3.8, 4) is 0 Å². The van der Waals surface area contributed by atoms with E-state index in [0.717, 1.165) is 31.8 Å². The van der Waals surface area contributed by atoms with E-state index >= 15 is 0 Å². The van der Waals surface area contributed by atoms with Crippen LogP contribution in [0.4, 0.5) is 11.6 Å². The molecule has 128 valence electrons. The second-order valence-electron chi connectivity index (χ2n) is 6.21. The first-order valence-electron chi connectivity index (χ1n) is 8.43. The van der Waals surface area contributed by atoms with Gasteiger partial charge < -0.3 is 16.4 Å². The number of fused-ring (bicyclic) bond motifs is 1. The van der Waals surface area contributed by atoms with Gasteiger partial charge in [-0.3, -0.25) is 9.20 Å². The lowest BCUT2D eigenvalue weighted by molar-refractivity contribution is 0.102. The molecule has 1 saturated heterocycles. The molecule has 0 bridgehead atoms. The van der Waals surface area contributed by atoms with Crippen LogP contribution in [0.15, 0.2) is 42.7 Å². The quantitative estimate of drug-likeness (QED) is 0.680. The molecule has 0 saturated carbocycles. The standard InChI is InChI=1S/C18H20N6O/c19-15-14-16(23-18(25)12-5-2-1-3-6-12)22-17(24(14)10-9-21-15)13-7-4-8-20-11-13/h1-3,5-6,9-10,13,20H,4,7-8,11H2,(H2,19,21)(H,23,25). The van der Waals surface area contributed by atoms with Crippen LogP contribution in [0.2, 0.25) is 0 Å². The van der Waals surface area contributed by atoms with E-state index in [1.807, 2.05) is 28.8 Å². The Morgan fingerprint density at radius 3 is 2.92 bits per heavy atom. The number of nitrogens with zero attached hydrogens (tertiary/aromatic N) is 3. The van der Waals surface area contributed by atoms with Crippen LogP contribution in [0.5, 0.6) is 0 Å². The maximum atomic E-state index is 12.5. The Hall–Kier alpha value is -2.93. The number of nitrogens with two attached hydrogens (primary N) is 1. The Bertz CT molecular complexity index is 899. The molecule has 0 radical (unpaired) electrons. The number of amides is 1. The van der Waals surface area contributed by atoms with Gasteiger partial charge in [0.25, 0.3) is 5.91 Å². The van der Waals surface area contributed by atoms with Crippen molar-refractivity contribution in [2.24, 2.45) is 0 Å². The highest BCUT2D eigenvalue weighted by Crippen LogP contribution is 2.29. The molecule has 1 aliphatic rings. The van der Waals surface area contributed by atoms with Crippen molar-refractivity contribution in [1.82, 2.24) is 19.7 Å². The fraction of sp³-hybridized carbons (Fsp3) is 0.278. The molecule has 1 fully saturated rings. The predicted molar refractivity (Wildman–Crippen MR) is 96.6 cm³/mol. The molecule has 7 heteroatoms. The van der Waals surface area contributed by atoms with Gasteiger partial charge in [0.2, 0.25) is 0 Å². The number of hydrogen-bond donors (Lipinski definition) is 3. The average molecular weight is 336 g/mol. The SMILES string of the molecule is Nc1nccn2c(C3CCCNC3)nc(NC(=O)c3ccccc3)c12. The van der Waals surface area contributed by atoms with E-state index in [-0.39, 0.29) is 11.8 Å². The molecule has 3 aromatic rings. The molecule has 7 nitrogen and oxygen atoms in total. The zero-order chi connectivity index (χ0) is 17.2. The largest absolute Gasteiger partial charge is 0.382 e. The van der Waals surface area contributed by atoms with E-state index in [4.69, 9.17) is 10.7 Å². The summed E-state index contributed by atoms with van der Waals surface area (Å²) in [6, 6.07) is 9.06. The number of nitrogens with one attached hydrogen (secondary N) is 2. The minimum atomic E-state index is -0.211. The van der Waals surface area contributed by atoms with Gasteiger partial charge in [-0.15, -0.1) is 0 Å². The number of aromatic nitrogens is 3. The third-order valence-corrected chi connectivity index (χ3v) is 4.54. The third kappa shape index (κ3) is 2.94. The van der Waals surface area contributed by atoms with E-state index in [1.165, 1.54) is 0 Å². The van der Waals surface area contributed by atoms with Crippen LogP contribution in [-0.2, 0) is 0 Å². The third-order valence-electron chi connectivity index (χ3n) is 4.54. The van der Waals surface area contributed by atoms with Crippen molar-refractivity contribution in [2.75, 3.05) is 24.1 Å². The zero-order valence-corrected chi connectivity index (χ0v) is 13.8. The number of piperidine rings is 1. The molecule has 0 spiro atoms. The smallest absolute Gasteiger partial charge is 0.256 e. The van der Waals surface area contributed by atoms with Crippen LogP contribution in [0.3, 0.4) is 0 Å². The molecule has 4 N–H and O–H groups in total. The van der Waals surface area contributed by atoms with E-state index in [0.29, 0.717) is 22.7 Å². The summed E-state index contributed by atoms with van der Waals surface area (Å²) in [6.45, 7) is 1.90. The highest BCUT2D eigenvalue weighted by Gasteiger charge is 2.24. The molecule has 1 aromatic carbocycles. The second-order valence-corrected chi connectivity index (χ2v) is 6.21. The lowest BCUT2D eigenvalue weighted by Gasteiger charge is -2.21. The maximum absolute atomic E-state index is 12.5. The highest BCUT2D eigenvalue weighted by atomic mass is 16.1. The Morgan fingerprint density at radius 2 is 2.16 bits per heavy atom. The first-order valence-corrected chi connectivity index (χ1v) is 8.43. The van der Waals surface area contributed by atoms with Crippen LogP contribution < -0.4 is 16.4 Å². The molecule has 3 heterocycles. The number of carbonyl (C=O) groups is 1.